The molecule has 0 spiro atoms. The van der Waals surface area contributed by atoms with Crippen molar-refractivity contribution >= 4 is 17.8 Å². The van der Waals surface area contributed by atoms with Crippen LogP contribution < -0.4 is 14.2 Å². The molecule has 0 saturated carbocycles. The predicted molar refractivity (Wildman–Crippen MR) is 95.3 cm³/mol. The van der Waals surface area contributed by atoms with E-state index in [1.165, 1.54) is 6.92 Å². The Bertz CT molecular complexity index is 984. The van der Waals surface area contributed by atoms with Crippen molar-refractivity contribution in [3.63, 3.8) is 0 Å². The van der Waals surface area contributed by atoms with Crippen molar-refractivity contribution in [3.05, 3.63) is 71.0 Å². The van der Waals surface area contributed by atoms with Gasteiger partial charge in [-0.2, -0.15) is 0 Å². The van der Waals surface area contributed by atoms with Crippen LogP contribution in [0.5, 0.6) is 17.2 Å². The van der Waals surface area contributed by atoms with Gasteiger partial charge in [-0.15, -0.1) is 0 Å². The van der Waals surface area contributed by atoms with Crippen LogP contribution in [-0.4, -0.2) is 17.9 Å². The molecule has 0 amide bonds. The van der Waals surface area contributed by atoms with Gasteiger partial charge >= 0.3 is 5.97 Å². The number of carbonyl (C=O) groups is 2. The number of esters is 1. The van der Waals surface area contributed by atoms with Gasteiger partial charge in [0.15, 0.2) is 5.76 Å². The number of para-hydroxylation sites is 1. The van der Waals surface area contributed by atoms with Gasteiger partial charge in [0.1, 0.15) is 23.4 Å². The van der Waals surface area contributed by atoms with Gasteiger partial charge in [0, 0.05) is 18.6 Å². The monoisotopic (exact) mass is 348 g/mol. The molecule has 2 heterocycles. The van der Waals surface area contributed by atoms with Gasteiger partial charge in [0.2, 0.25) is 5.78 Å². The van der Waals surface area contributed by atoms with E-state index in [1.807, 2.05) is 37.3 Å². The van der Waals surface area contributed by atoms with Gasteiger partial charge in [-0.05, 0) is 42.8 Å². The Balaban J connectivity index is 1.66. The molecule has 0 aliphatic carbocycles. The van der Waals surface area contributed by atoms with Gasteiger partial charge in [-0.25, -0.2) is 0 Å². The summed E-state index contributed by atoms with van der Waals surface area (Å²) in [4.78, 5) is 23.7. The van der Waals surface area contributed by atoms with Crippen molar-refractivity contribution in [1.82, 2.24) is 0 Å². The van der Waals surface area contributed by atoms with Gasteiger partial charge < -0.3 is 14.2 Å². The first-order chi connectivity index (χ1) is 12.5. The van der Waals surface area contributed by atoms with Crippen molar-refractivity contribution in [2.45, 2.75) is 20.0 Å². The maximum Gasteiger partial charge on any atom is 0.308 e. The zero-order valence-electron chi connectivity index (χ0n) is 14.3. The van der Waals surface area contributed by atoms with Crippen LogP contribution in [0, 0.1) is 0 Å². The third-order valence-corrected chi connectivity index (χ3v) is 4.22. The summed E-state index contributed by atoms with van der Waals surface area (Å²) < 4.78 is 16.6. The van der Waals surface area contributed by atoms with E-state index in [0.29, 0.717) is 17.1 Å². The maximum absolute atomic E-state index is 12.6. The van der Waals surface area contributed by atoms with Gasteiger partial charge in [-0.1, -0.05) is 18.2 Å². The predicted octanol–water partition coefficient (Wildman–Crippen LogP) is 3.94. The van der Waals surface area contributed by atoms with Crippen molar-refractivity contribution in [3.8, 4) is 17.2 Å². The topological polar surface area (TPSA) is 61.8 Å². The molecule has 26 heavy (non-hydrogen) atoms. The van der Waals surface area contributed by atoms with Gasteiger partial charge in [-0.3, -0.25) is 9.59 Å². The first-order valence-corrected chi connectivity index (χ1v) is 8.25. The zero-order valence-corrected chi connectivity index (χ0v) is 14.3. The molecule has 1 atom stereocenters. The minimum Gasteiger partial charge on any atom is -0.485 e. The lowest BCUT2D eigenvalue weighted by atomic mass is 10.0. The third kappa shape index (κ3) is 2.88. The lowest BCUT2D eigenvalue weighted by molar-refractivity contribution is -0.131. The molecule has 130 valence electrons. The molecule has 0 saturated heterocycles. The standard InChI is InChI=1S/C21H16O5/c1-12-15(9-14-5-3-4-6-18(14)24-12)10-20-21(23)17-8-7-16(25-13(2)22)11-19(17)26-20/h3-12H,1-2H3/t12-/m0/s1. The first-order valence-electron chi connectivity index (χ1n) is 8.25. The summed E-state index contributed by atoms with van der Waals surface area (Å²) in [5.74, 6) is 1.12. The summed E-state index contributed by atoms with van der Waals surface area (Å²) in [6.45, 7) is 3.24. The van der Waals surface area contributed by atoms with Gasteiger partial charge in [0.25, 0.3) is 0 Å². The Hall–Kier alpha value is -3.34. The third-order valence-electron chi connectivity index (χ3n) is 4.22. The van der Waals surface area contributed by atoms with E-state index in [-0.39, 0.29) is 17.6 Å². The summed E-state index contributed by atoms with van der Waals surface area (Å²) >= 11 is 0. The highest BCUT2D eigenvalue weighted by molar-refractivity contribution is 6.12. The number of ketones is 1. The zero-order chi connectivity index (χ0) is 18.3. The minimum absolute atomic E-state index is 0.200. The molecule has 0 aromatic heterocycles. The fourth-order valence-electron chi connectivity index (χ4n) is 2.97. The maximum atomic E-state index is 12.6. The van der Waals surface area contributed by atoms with E-state index < -0.39 is 5.97 Å². The Kier molecular flexibility index (Phi) is 3.84. The van der Waals surface area contributed by atoms with E-state index in [2.05, 4.69) is 0 Å². The summed E-state index contributed by atoms with van der Waals surface area (Å²) in [5.41, 5.74) is 2.25. The number of allylic oxidation sites excluding steroid dienone is 1. The smallest absolute Gasteiger partial charge is 0.308 e. The number of ether oxygens (including phenoxy) is 3. The average molecular weight is 348 g/mol. The Labute approximate surface area is 150 Å². The molecule has 5 heteroatoms. The van der Waals surface area contributed by atoms with Crippen LogP contribution >= 0.6 is 0 Å². The Morgan fingerprint density at radius 1 is 1.15 bits per heavy atom. The number of fused-ring (bicyclic) bond motifs is 2. The van der Waals surface area contributed by atoms with E-state index in [1.54, 1.807) is 24.3 Å². The van der Waals surface area contributed by atoms with Crippen LogP contribution in [0.4, 0.5) is 0 Å². The SMILES string of the molecule is CC(=O)Oc1ccc2c(c1)OC(=CC1=Cc3ccccc3O[C@H]1C)C2=O. The summed E-state index contributed by atoms with van der Waals surface area (Å²) in [7, 11) is 0. The van der Waals surface area contributed by atoms with Crippen LogP contribution in [-0.2, 0) is 4.79 Å². The molecule has 0 bridgehead atoms. The molecule has 4 rings (SSSR count). The lowest BCUT2D eigenvalue weighted by Gasteiger charge is -2.22. The van der Waals surface area contributed by atoms with Crippen molar-refractivity contribution in [2.75, 3.05) is 0 Å². The molecule has 2 aromatic rings. The Morgan fingerprint density at radius 2 is 1.96 bits per heavy atom. The highest BCUT2D eigenvalue weighted by Crippen LogP contribution is 2.36. The largest absolute Gasteiger partial charge is 0.485 e. The van der Waals surface area contributed by atoms with E-state index in [4.69, 9.17) is 14.2 Å². The van der Waals surface area contributed by atoms with Crippen molar-refractivity contribution < 1.29 is 23.8 Å². The molecular formula is C21H16O5. The van der Waals surface area contributed by atoms with Gasteiger partial charge in [0.05, 0.1) is 5.56 Å². The second kappa shape index (κ2) is 6.19. The van der Waals surface area contributed by atoms with E-state index >= 15 is 0 Å². The first kappa shape index (κ1) is 16.1. The van der Waals surface area contributed by atoms with Crippen LogP contribution in [0.1, 0.15) is 29.8 Å². The number of hydrogen-bond donors (Lipinski definition) is 0. The highest BCUT2D eigenvalue weighted by atomic mass is 16.5. The van der Waals surface area contributed by atoms with Crippen LogP contribution in [0.2, 0.25) is 0 Å². The molecule has 0 fully saturated rings. The molecule has 0 radical (unpaired) electrons. The highest BCUT2D eigenvalue weighted by Gasteiger charge is 2.29. The van der Waals surface area contributed by atoms with Crippen molar-refractivity contribution in [1.29, 1.82) is 0 Å². The quantitative estimate of drug-likeness (QED) is 0.467. The fraction of sp³-hybridized carbons (Fsp3) is 0.143. The summed E-state index contributed by atoms with van der Waals surface area (Å²) in [6, 6.07) is 12.4. The minimum atomic E-state index is -0.429. The number of Topliss-reactive ketones (excluding diaryl/α,β-unsaturated/α-hetero) is 1. The number of benzene rings is 2. The lowest BCUT2D eigenvalue weighted by Crippen LogP contribution is -2.18. The van der Waals surface area contributed by atoms with E-state index in [9.17, 15) is 9.59 Å². The second-order valence-electron chi connectivity index (χ2n) is 6.13. The average Bonchev–Trinajstić information content (AvgIpc) is 2.90. The van der Waals surface area contributed by atoms with Crippen LogP contribution in [0.3, 0.4) is 0 Å². The molecular weight excluding hydrogens is 332 g/mol. The molecule has 0 unspecified atom stereocenters. The molecule has 5 nitrogen and oxygen atoms in total. The van der Waals surface area contributed by atoms with E-state index in [0.717, 1.165) is 16.9 Å². The normalized spacial score (nSPS) is 19.2. The number of carbonyl (C=O) groups excluding carboxylic acids is 2. The number of rotatable bonds is 2. The van der Waals surface area contributed by atoms with Crippen LogP contribution in [0.25, 0.3) is 6.08 Å². The van der Waals surface area contributed by atoms with Crippen molar-refractivity contribution in [2.24, 2.45) is 0 Å². The fourth-order valence-corrected chi connectivity index (χ4v) is 2.97. The summed E-state index contributed by atoms with van der Waals surface area (Å²) in [5, 5.41) is 0. The second-order valence-corrected chi connectivity index (χ2v) is 6.13. The molecule has 2 aromatic carbocycles. The number of hydrogen-bond acceptors (Lipinski definition) is 5. The molecule has 2 aliphatic heterocycles. The molecule has 2 aliphatic rings. The molecule has 0 N–H and O–H groups in total. The van der Waals surface area contributed by atoms with Crippen LogP contribution in [0.15, 0.2) is 59.9 Å². The summed E-state index contributed by atoms with van der Waals surface area (Å²) in [6.07, 6.45) is 3.49. The Morgan fingerprint density at radius 3 is 2.77 bits per heavy atom.